The van der Waals surface area contributed by atoms with Crippen LogP contribution >= 0.6 is 0 Å². The van der Waals surface area contributed by atoms with Crippen LogP contribution in [0.15, 0.2) is 42.5 Å². The molecule has 0 aliphatic rings. The van der Waals surface area contributed by atoms with Crippen molar-refractivity contribution in [3.05, 3.63) is 63.7 Å². The van der Waals surface area contributed by atoms with E-state index in [0.29, 0.717) is 22.5 Å². The van der Waals surface area contributed by atoms with Gasteiger partial charge in [0, 0.05) is 18.7 Å². The first-order valence-corrected chi connectivity index (χ1v) is 9.05. The van der Waals surface area contributed by atoms with Crippen molar-refractivity contribution in [1.82, 2.24) is 0 Å². The van der Waals surface area contributed by atoms with Crippen molar-refractivity contribution in [2.24, 2.45) is 0 Å². The van der Waals surface area contributed by atoms with Crippen molar-refractivity contribution in [1.29, 1.82) is 0 Å². The number of anilines is 2. The summed E-state index contributed by atoms with van der Waals surface area (Å²) in [5, 5.41) is 13.6. The van der Waals surface area contributed by atoms with Gasteiger partial charge >= 0.3 is 0 Å². The molecule has 0 heterocycles. The predicted octanol–water partition coefficient (Wildman–Crippen LogP) is 2.55. The number of nitro benzene ring substituents is 1. The van der Waals surface area contributed by atoms with Gasteiger partial charge in [0.2, 0.25) is 10.0 Å². The second kappa shape index (κ2) is 6.89. The Balaban J connectivity index is 2.23. The Hall–Kier alpha value is -2.94. The molecule has 0 saturated heterocycles. The highest BCUT2D eigenvalue weighted by Crippen LogP contribution is 2.25. The Bertz CT molecular complexity index is 923. The lowest BCUT2D eigenvalue weighted by Crippen LogP contribution is -2.24. The molecule has 0 fully saturated rings. The van der Waals surface area contributed by atoms with Crippen LogP contribution in [0.3, 0.4) is 0 Å². The maximum Gasteiger partial charge on any atom is 0.274 e. The third-order valence-electron chi connectivity index (χ3n) is 3.74. The normalized spacial score (nSPS) is 11.0. The van der Waals surface area contributed by atoms with E-state index in [0.717, 1.165) is 10.6 Å². The summed E-state index contributed by atoms with van der Waals surface area (Å²) in [6.07, 6.45) is 1.08. The highest BCUT2D eigenvalue weighted by molar-refractivity contribution is 7.92. The number of nitrogens with one attached hydrogen (secondary N) is 1. The Morgan fingerprint density at radius 2 is 1.76 bits per heavy atom. The van der Waals surface area contributed by atoms with Crippen molar-refractivity contribution >= 4 is 33.0 Å². The molecule has 0 aromatic heterocycles. The molecule has 2 aromatic rings. The van der Waals surface area contributed by atoms with E-state index in [1.165, 1.54) is 43.4 Å². The van der Waals surface area contributed by atoms with Crippen LogP contribution in [0.2, 0.25) is 0 Å². The molecule has 0 bridgehead atoms. The topological polar surface area (TPSA) is 110 Å². The van der Waals surface area contributed by atoms with E-state index in [2.05, 4.69) is 5.32 Å². The highest BCUT2D eigenvalue weighted by atomic mass is 32.2. The number of nitrogens with zero attached hydrogens (tertiary/aromatic N) is 2. The number of benzene rings is 2. The zero-order valence-corrected chi connectivity index (χ0v) is 14.7. The van der Waals surface area contributed by atoms with Crippen molar-refractivity contribution in [2.45, 2.75) is 6.92 Å². The van der Waals surface area contributed by atoms with Gasteiger partial charge < -0.3 is 5.32 Å². The van der Waals surface area contributed by atoms with E-state index in [4.69, 9.17) is 0 Å². The molecule has 2 rings (SSSR count). The van der Waals surface area contributed by atoms with E-state index in [1.807, 2.05) is 0 Å². The Kier molecular flexibility index (Phi) is 5.07. The predicted molar refractivity (Wildman–Crippen MR) is 95.5 cm³/mol. The van der Waals surface area contributed by atoms with Crippen LogP contribution in [-0.2, 0) is 10.0 Å². The average Bonchev–Trinajstić information content (AvgIpc) is 2.55. The summed E-state index contributed by atoms with van der Waals surface area (Å²) in [6, 6.07) is 10.4. The maximum atomic E-state index is 12.3. The number of sulfonamides is 1. The number of hydrogen-bond acceptors (Lipinski definition) is 5. The summed E-state index contributed by atoms with van der Waals surface area (Å²) in [5.41, 5.74) is 1.34. The molecule has 9 heteroatoms. The molecule has 0 radical (unpaired) electrons. The number of hydrogen-bond donors (Lipinski definition) is 1. The molecule has 8 nitrogen and oxygen atoms in total. The standard InChI is InChI=1S/C16H17N3O5S/c1-11-14(5-4-6-15(11)19(21)22)17-16(20)12-7-9-13(10-8-12)18(2)25(3,23)24/h4-10H,1-3H3,(H,17,20). The van der Waals surface area contributed by atoms with Crippen molar-refractivity contribution in [3.8, 4) is 0 Å². The minimum absolute atomic E-state index is 0.0806. The molecule has 132 valence electrons. The van der Waals surface area contributed by atoms with Crippen LogP contribution in [0.25, 0.3) is 0 Å². The summed E-state index contributed by atoms with van der Waals surface area (Å²) in [7, 11) is -1.97. The van der Waals surface area contributed by atoms with E-state index in [1.54, 1.807) is 13.0 Å². The zero-order valence-electron chi connectivity index (χ0n) is 13.9. The van der Waals surface area contributed by atoms with E-state index in [-0.39, 0.29) is 5.69 Å². The zero-order chi connectivity index (χ0) is 18.8. The number of carbonyl (C=O) groups excluding carboxylic acids is 1. The molecule has 1 N–H and O–H groups in total. The molecule has 0 unspecified atom stereocenters. The smallest absolute Gasteiger partial charge is 0.274 e. The van der Waals surface area contributed by atoms with Crippen LogP contribution in [0, 0.1) is 17.0 Å². The first-order valence-electron chi connectivity index (χ1n) is 7.20. The average molecular weight is 363 g/mol. The first kappa shape index (κ1) is 18.4. The first-order chi connectivity index (χ1) is 11.6. The molecular weight excluding hydrogens is 346 g/mol. The largest absolute Gasteiger partial charge is 0.321 e. The molecule has 2 aromatic carbocycles. The maximum absolute atomic E-state index is 12.3. The van der Waals surface area contributed by atoms with Crippen LogP contribution in [-0.4, -0.2) is 32.6 Å². The van der Waals surface area contributed by atoms with Gasteiger partial charge in [-0.05, 0) is 37.3 Å². The van der Waals surface area contributed by atoms with Gasteiger partial charge in [0.15, 0.2) is 0 Å². The lowest BCUT2D eigenvalue weighted by molar-refractivity contribution is -0.385. The van der Waals surface area contributed by atoms with Crippen LogP contribution in [0.4, 0.5) is 17.1 Å². The fraction of sp³-hybridized carbons (Fsp3) is 0.188. The molecule has 0 spiro atoms. The minimum atomic E-state index is -3.39. The highest BCUT2D eigenvalue weighted by Gasteiger charge is 2.16. The van der Waals surface area contributed by atoms with E-state index < -0.39 is 20.9 Å². The van der Waals surface area contributed by atoms with Crippen LogP contribution in [0.5, 0.6) is 0 Å². The van der Waals surface area contributed by atoms with Gasteiger partial charge in [-0.15, -0.1) is 0 Å². The summed E-state index contributed by atoms with van der Waals surface area (Å²) in [6.45, 7) is 1.55. The van der Waals surface area contributed by atoms with Gasteiger partial charge in [0.05, 0.1) is 28.1 Å². The van der Waals surface area contributed by atoms with Crippen molar-refractivity contribution < 1.29 is 18.1 Å². The molecule has 25 heavy (non-hydrogen) atoms. The van der Waals surface area contributed by atoms with Crippen LogP contribution in [0.1, 0.15) is 15.9 Å². The molecule has 0 aliphatic carbocycles. The molecular formula is C16H17N3O5S. The fourth-order valence-electron chi connectivity index (χ4n) is 2.17. The third kappa shape index (κ3) is 4.13. The summed E-state index contributed by atoms with van der Waals surface area (Å²) >= 11 is 0. The Labute approximate surface area is 145 Å². The Morgan fingerprint density at radius 3 is 2.28 bits per heavy atom. The third-order valence-corrected chi connectivity index (χ3v) is 4.95. The number of amides is 1. The minimum Gasteiger partial charge on any atom is -0.321 e. The van der Waals surface area contributed by atoms with Gasteiger partial charge in [0.1, 0.15) is 0 Å². The summed E-state index contributed by atoms with van der Waals surface area (Å²) in [5.74, 6) is -0.447. The molecule has 1 amide bonds. The van der Waals surface area contributed by atoms with Crippen molar-refractivity contribution in [2.75, 3.05) is 22.9 Å². The molecule has 0 aliphatic heterocycles. The lowest BCUT2D eigenvalue weighted by atomic mass is 10.1. The van der Waals surface area contributed by atoms with E-state index >= 15 is 0 Å². The second-order valence-corrected chi connectivity index (χ2v) is 7.45. The monoisotopic (exact) mass is 363 g/mol. The molecule has 0 atom stereocenters. The Morgan fingerprint density at radius 1 is 1.16 bits per heavy atom. The van der Waals surface area contributed by atoms with Gasteiger partial charge in [-0.3, -0.25) is 19.2 Å². The number of nitro groups is 1. The van der Waals surface area contributed by atoms with Gasteiger partial charge in [0.25, 0.3) is 11.6 Å². The molecule has 0 saturated carbocycles. The number of rotatable bonds is 5. The lowest BCUT2D eigenvalue weighted by Gasteiger charge is -2.16. The second-order valence-electron chi connectivity index (χ2n) is 5.44. The fourth-order valence-corrected chi connectivity index (χ4v) is 2.67. The SMILES string of the molecule is Cc1c(NC(=O)c2ccc(N(C)S(C)(=O)=O)cc2)cccc1[N+](=O)[O-]. The van der Waals surface area contributed by atoms with Crippen LogP contribution < -0.4 is 9.62 Å². The summed E-state index contributed by atoms with van der Waals surface area (Å²) in [4.78, 5) is 22.8. The van der Waals surface area contributed by atoms with Gasteiger partial charge in [-0.25, -0.2) is 8.42 Å². The van der Waals surface area contributed by atoms with Gasteiger partial charge in [-0.1, -0.05) is 6.07 Å². The number of carbonyl (C=O) groups is 1. The van der Waals surface area contributed by atoms with Crippen molar-refractivity contribution in [3.63, 3.8) is 0 Å². The summed E-state index contributed by atoms with van der Waals surface area (Å²) < 4.78 is 24.1. The van der Waals surface area contributed by atoms with Gasteiger partial charge in [-0.2, -0.15) is 0 Å². The van der Waals surface area contributed by atoms with E-state index in [9.17, 15) is 23.3 Å². The quantitative estimate of drug-likeness (QED) is 0.648.